The van der Waals surface area contributed by atoms with E-state index in [9.17, 15) is 4.79 Å². The predicted octanol–water partition coefficient (Wildman–Crippen LogP) is 4.22. The molecule has 4 rings (SSSR count). The summed E-state index contributed by atoms with van der Waals surface area (Å²) < 4.78 is 5.53. The number of aryl methyl sites for hydroxylation is 2. The van der Waals surface area contributed by atoms with E-state index in [2.05, 4.69) is 29.2 Å². The van der Waals surface area contributed by atoms with E-state index >= 15 is 0 Å². The number of amides is 1. The normalized spacial score (nSPS) is 17.1. The summed E-state index contributed by atoms with van der Waals surface area (Å²) in [6, 6.07) is 16.1. The predicted molar refractivity (Wildman–Crippen MR) is 98.2 cm³/mol. The van der Waals surface area contributed by atoms with E-state index in [0.29, 0.717) is 31.1 Å². The van der Waals surface area contributed by atoms with Crippen LogP contribution in [0.3, 0.4) is 0 Å². The van der Waals surface area contributed by atoms with Gasteiger partial charge in [-0.1, -0.05) is 58.7 Å². The Hall–Kier alpha value is -2.95. The van der Waals surface area contributed by atoms with Gasteiger partial charge in [-0.2, -0.15) is 4.98 Å². The smallest absolute Gasteiger partial charge is 0.249 e. The molecule has 3 aromatic rings. The number of rotatable bonds is 4. The van der Waals surface area contributed by atoms with Gasteiger partial charge in [0.15, 0.2) is 0 Å². The summed E-state index contributed by atoms with van der Waals surface area (Å²) in [5, 5.41) is 4.13. The first-order chi connectivity index (χ1) is 12.6. The minimum absolute atomic E-state index is 0.131. The SMILES string of the molecule is Cc1cccc(CN2C(=O)CCC2c2nc(-c3cccc(C)c3)no2)c1. The number of hydrogen-bond donors (Lipinski definition) is 0. The van der Waals surface area contributed by atoms with Crippen molar-refractivity contribution in [2.45, 2.75) is 39.3 Å². The zero-order valence-corrected chi connectivity index (χ0v) is 15.0. The molecule has 1 aromatic heterocycles. The van der Waals surface area contributed by atoms with Gasteiger partial charge in [-0.15, -0.1) is 0 Å². The first kappa shape index (κ1) is 16.5. The monoisotopic (exact) mass is 347 g/mol. The molecule has 0 spiro atoms. The van der Waals surface area contributed by atoms with Gasteiger partial charge in [-0.25, -0.2) is 0 Å². The molecule has 2 aromatic carbocycles. The minimum atomic E-state index is -0.158. The van der Waals surface area contributed by atoms with Crippen LogP contribution in [0.2, 0.25) is 0 Å². The summed E-state index contributed by atoms with van der Waals surface area (Å²) in [5.41, 5.74) is 4.37. The third-order valence-electron chi connectivity index (χ3n) is 4.77. The summed E-state index contributed by atoms with van der Waals surface area (Å²) in [4.78, 5) is 18.8. The van der Waals surface area contributed by atoms with Gasteiger partial charge in [0.25, 0.3) is 0 Å². The highest BCUT2D eigenvalue weighted by molar-refractivity contribution is 5.78. The van der Waals surface area contributed by atoms with Crippen molar-refractivity contribution in [1.82, 2.24) is 15.0 Å². The van der Waals surface area contributed by atoms with E-state index < -0.39 is 0 Å². The van der Waals surface area contributed by atoms with Gasteiger partial charge in [0, 0.05) is 18.5 Å². The van der Waals surface area contributed by atoms with Crippen LogP contribution in [0.1, 0.15) is 41.5 Å². The highest BCUT2D eigenvalue weighted by atomic mass is 16.5. The molecule has 132 valence electrons. The maximum absolute atomic E-state index is 12.4. The number of carbonyl (C=O) groups excluding carboxylic acids is 1. The molecule has 26 heavy (non-hydrogen) atoms. The number of nitrogens with zero attached hydrogens (tertiary/aromatic N) is 3. The van der Waals surface area contributed by atoms with Gasteiger partial charge >= 0.3 is 0 Å². The van der Waals surface area contributed by atoms with Crippen molar-refractivity contribution in [2.24, 2.45) is 0 Å². The van der Waals surface area contributed by atoms with Crippen LogP contribution in [-0.4, -0.2) is 20.9 Å². The van der Waals surface area contributed by atoms with Crippen molar-refractivity contribution in [1.29, 1.82) is 0 Å². The highest BCUT2D eigenvalue weighted by Gasteiger charge is 2.36. The molecule has 0 N–H and O–H groups in total. The van der Waals surface area contributed by atoms with Crippen LogP contribution in [0.5, 0.6) is 0 Å². The summed E-state index contributed by atoms with van der Waals surface area (Å²) in [6.45, 7) is 4.65. The van der Waals surface area contributed by atoms with Crippen molar-refractivity contribution in [3.63, 3.8) is 0 Å². The molecule has 2 heterocycles. The van der Waals surface area contributed by atoms with Gasteiger partial charge in [0.2, 0.25) is 17.6 Å². The quantitative estimate of drug-likeness (QED) is 0.709. The third-order valence-corrected chi connectivity index (χ3v) is 4.77. The van der Waals surface area contributed by atoms with Crippen LogP contribution >= 0.6 is 0 Å². The second-order valence-corrected chi connectivity index (χ2v) is 6.89. The molecular formula is C21H21N3O2. The largest absolute Gasteiger partial charge is 0.337 e. The van der Waals surface area contributed by atoms with Crippen molar-refractivity contribution < 1.29 is 9.32 Å². The van der Waals surface area contributed by atoms with Gasteiger partial charge in [0.05, 0.1) is 0 Å². The van der Waals surface area contributed by atoms with E-state index in [1.807, 2.05) is 48.2 Å². The summed E-state index contributed by atoms with van der Waals surface area (Å²) in [5.74, 6) is 1.21. The molecule has 0 radical (unpaired) electrons. The van der Waals surface area contributed by atoms with Crippen LogP contribution in [0.25, 0.3) is 11.4 Å². The van der Waals surface area contributed by atoms with Gasteiger partial charge in [-0.05, 0) is 31.9 Å². The molecule has 0 aliphatic carbocycles. The number of aromatic nitrogens is 2. The minimum Gasteiger partial charge on any atom is -0.337 e. The fourth-order valence-corrected chi connectivity index (χ4v) is 3.47. The van der Waals surface area contributed by atoms with E-state index in [-0.39, 0.29) is 11.9 Å². The molecule has 5 heteroatoms. The Balaban J connectivity index is 1.59. The molecule has 1 amide bonds. The van der Waals surface area contributed by atoms with Crippen LogP contribution in [-0.2, 0) is 11.3 Å². The van der Waals surface area contributed by atoms with Crippen LogP contribution in [0.15, 0.2) is 53.1 Å². The van der Waals surface area contributed by atoms with Crippen LogP contribution < -0.4 is 0 Å². The molecule has 1 atom stereocenters. The molecule has 5 nitrogen and oxygen atoms in total. The van der Waals surface area contributed by atoms with Gasteiger partial charge in [0.1, 0.15) is 6.04 Å². The summed E-state index contributed by atoms with van der Waals surface area (Å²) in [7, 11) is 0. The average Bonchev–Trinajstić information content (AvgIpc) is 3.23. The molecule has 0 bridgehead atoms. The Morgan fingerprint density at radius 1 is 1.12 bits per heavy atom. The standard InChI is InChI=1S/C21H21N3O2/c1-14-5-3-7-16(11-14)13-24-18(9-10-19(24)25)21-22-20(23-26-21)17-8-4-6-15(2)12-17/h3-8,11-12,18H,9-10,13H2,1-2H3. The van der Waals surface area contributed by atoms with E-state index in [4.69, 9.17) is 4.52 Å². The maximum Gasteiger partial charge on any atom is 0.249 e. The lowest BCUT2D eigenvalue weighted by Crippen LogP contribution is -2.27. The first-order valence-corrected chi connectivity index (χ1v) is 8.86. The Kier molecular flexibility index (Phi) is 4.29. The lowest BCUT2D eigenvalue weighted by molar-refractivity contribution is -0.129. The van der Waals surface area contributed by atoms with Crippen molar-refractivity contribution in [3.05, 3.63) is 71.1 Å². The maximum atomic E-state index is 12.4. The Morgan fingerprint density at radius 2 is 1.88 bits per heavy atom. The second-order valence-electron chi connectivity index (χ2n) is 6.89. The first-order valence-electron chi connectivity index (χ1n) is 8.86. The molecule has 1 aliphatic rings. The van der Waals surface area contributed by atoms with Gasteiger partial charge < -0.3 is 9.42 Å². The fraction of sp³-hybridized carbons (Fsp3) is 0.286. The number of carbonyl (C=O) groups is 1. The summed E-state index contributed by atoms with van der Waals surface area (Å²) in [6.07, 6.45) is 1.22. The van der Waals surface area contributed by atoms with Crippen molar-refractivity contribution >= 4 is 5.91 Å². The van der Waals surface area contributed by atoms with Crippen molar-refractivity contribution in [3.8, 4) is 11.4 Å². The van der Waals surface area contributed by atoms with E-state index in [0.717, 1.165) is 16.7 Å². The van der Waals surface area contributed by atoms with Gasteiger partial charge in [-0.3, -0.25) is 4.79 Å². The zero-order valence-electron chi connectivity index (χ0n) is 15.0. The number of hydrogen-bond acceptors (Lipinski definition) is 4. The van der Waals surface area contributed by atoms with Crippen LogP contribution in [0.4, 0.5) is 0 Å². The highest BCUT2D eigenvalue weighted by Crippen LogP contribution is 2.34. The molecule has 1 fully saturated rings. The lowest BCUT2D eigenvalue weighted by Gasteiger charge is -2.22. The topological polar surface area (TPSA) is 59.2 Å². The molecular weight excluding hydrogens is 326 g/mol. The number of likely N-dealkylation sites (tertiary alicyclic amines) is 1. The van der Waals surface area contributed by atoms with Crippen molar-refractivity contribution in [2.75, 3.05) is 0 Å². The fourth-order valence-electron chi connectivity index (χ4n) is 3.47. The lowest BCUT2D eigenvalue weighted by atomic mass is 10.1. The number of benzene rings is 2. The molecule has 0 saturated carbocycles. The van der Waals surface area contributed by atoms with E-state index in [1.54, 1.807) is 0 Å². The Morgan fingerprint density at radius 3 is 2.65 bits per heavy atom. The Bertz CT molecular complexity index is 948. The summed E-state index contributed by atoms with van der Waals surface area (Å²) >= 11 is 0. The second kappa shape index (κ2) is 6.75. The average molecular weight is 347 g/mol. The Labute approximate surface area is 152 Å². The van der Waals surface area contributed by atoms with Crippen LogP contribution in [0, 0.1) is 13.8 Å². The molecule has 1 aliphatic heterocycles. The molecule has 1 saturated heterocycles. The van der Waals surface area contributed by atoms with E-state index in [1.165, 1.54) is 5.56 Å². The molecule has 1 unspecified atom stereocenters. The third kappa shape index (κ3) is 3.25. The zero-order chi connectivity index (χ0) is 18.1.